The van der Waals surface area contributed by atoms with E-state index in [4.69, 9.17) is 10.00 Å². The van der Waals surface area contributed by atoms with Crippen LogP contribution in [0.15, 0.2) is 17.5 Å². The minimum absolute atomic E-state index is 0.208. The van der Waals surface area contributed by atoms with E-state index in [0.717, 1.165) is 4.88 Å². The normalized spacial score (nSPS) is 17.5. The molecular formula is C10H10N2O2S. The first kappa shape index (κ1) is 10.1. The minimum atomic E-state index is -0.947. The van der Waals surface area contributed by atoms with Gasteiger partial charge in [-0.2, -0.15) is 5.26 Å². The Morgan fingerprint density at radius 1 is 1.73 bits per heavy atom. The smallest absolute Gasteiger partial charge is 0.245 e. The van der Waals surface area contributed by atoms with Crippen molar-refractivity contribution in [1.82, 2.24) is 5.32 Å². The van der Waals surface area contributed by atoms with Gasteiger partial charge < -0.3 is 10.1 Å². The lowest BCUT2D eigenvalue weighted by Crippen LogP contribution is -2.52. The fraction of sp³-hybridized carbons (Fsp3) is 0.400. The molecule has 1 aliphatic rings. The summed E-state index contributed by atoms with van der Waals surface area (Å²) in [6.07, 6.45) is 0. The van der Waals surface area contributed by atoms with Crippen molar-refractivity contribution in [2.24, 2.45) is 5.41 Å². The lowest BCUT2D eigenvalue weighted by atomic mass is 9.87. The van der Waals surface area contributed by atoms with Gasteiger partial charge in [-0.15, -0.1) is 11.3 Å². The van der Waals surface area contributed by atoms with Crippen LogP contribution in [0, 0.1) is 16.7 Å². The maximum atomic E-state index is 11.7. The molecule has 0 spiro atoms. The molecule has 5 heteroatoms. The summed E-state index contributed by atoms with van der Waals surface area (Å²) in [4.78, 5) is 12.7. The topological polar surface area (TPSA) is 62.1 Å². The van der Waals surface area contributed by atoms with Crippen LogP contribution in [0.5, 0.6) is 0 Å². The van der Waals surface area contributed by atoms with Gasteiger partial charge >= 0.3 is 0 Å². The first-order chi connectivity index (χ1) is 7.27. The molecule has 1 amide bonds. The summed E-state index contributed by atoms with van der Waals surface area (Å²) in [5.74, 6) is -0.232. The third-order valence-corrected chi connectivity index (χ3v) is 3.23. The molecule has 0 saturated carbocycles. The summed E-state index contributed by atoms with van der Waals surface area (Å²) in [5, 5.41) is 13.6. The molecule has 0 aromatic carbocycles. The second-order valence-corrected chi connectivity index (χ2v) is 4.48. The highest BCUT2D eigenvalue weighted by molar-refractivity contribution is 7.09. The number of nitrogens with zero attached hydrogens (tertiary/aromatic N) is 1. The van der Waals surface area contributed by atoms with Gasteiger partial charge in [-0.3, -0.25) is 4.79 Å². The SMILES string of the molecule is N#CC1(C(=O)NCc2cccs2)COC1. The third kappa shape index (κ3) is 1.87. The standard InChI is InChI=1S/C10H10N2O2S/c11-5-10(6-14-7-10)9(13)12-4-8-2-1-3-15-8/h1-3H,4,6-7H2,(H,12,13). The summed E-state index contributed by atoms with van der Waals surface area (Å²) in [6, 6.07) is 5.89. The lowest BCUT2D eigenvalue weighted by molar-refractivity contribution is -0.150. The quantitative estimate of drug-likeness (QED) is 0.826. The molecule has 15 heavy (non-hydrogen) atoms. The van der Waals surface area contributed by atoms with E-state index in [0.29, 0.717) is 6.54 Å². The highest BCUT2D eigenvalue weighted by Gasteiger charge is 2.46. The summed E-state index contributed by atoms with van der Waals surface area (Å²) >= 11 is 1.58. The summed E-state index contributed by atoms with van der Waals surface area (Å²) in [5.41, 5.74) is -0.947. The van der Waals surface area contributed by atoms with Crippen LogP contribution in [0.4, 0.5) is 0 Å². The summed E-state index contributed by atoms with van der Waals surface area (Å²) < 4.78 is 4.91. The molecule has 0 atom stereocenters. The second kappa shape index (κ2) is 4.01. The second-order valence-electron chi connectivity index (χ2n) is 3.45. The number of rotatable bonds is 3. The molecule has 0 unspecified atom stereocenters. The van der Waals surface area contributed by atoms with E-state index in [-0.39, 0.29) is 19.1 Å². The van der Waals surface area contributed by atoms with E-state index >= 15 is 0 Å². The zero-order chi connectivity index (χ0) is 10.7. The fourth-order valence-electron chi connectivity index (χ4n) is 1.30. The van der Waals surface area contributed by atoms with Crippen molar-refractivity contribution < 1.29 is 9.53 Å². The molecule has 1 aromatic rings. The van der Waals surface area contributed by atoms with Crippen molar-refractivity contribution in [2.45, 2.75) is 6.54 Å². The number of carbonyl (C=O) groups excluding carboxylic acids is 1. The van der Waals surface area contributed by atoms with Gasteiger partial charge in [0.2, 0.25) is 5.91 Å². The molecule has 4 nitrogen and oxygen atoms in total. The zero-order valence-corrected chi connectivity index (χ0v) is 8.84. The number of thiophene rings is 1. The maximum Gasteiger partial charge on any atom is 0.245 e. The number of hydrogen-bond donors (Lipinski definition) is 1. The van der Waals surface area contributed by atoms with Crippen LogP contribution in [0.3, 0.4) is 0 Å². The van der Waals surface area contributed by atoms with Gasteiger partial charge in [0.1, 0.15) is 0 Å². The minimum Gasteiger partial charge on any atom is -0.377 e. The van der Waals surface area contributed by atoms with E-state index in [9.17, 15) is 4.79 Å². The van der Waals surface area contributed by atoms with E-state index in [1.807, 2.05) is 23.6 Å². The first-order valence-corrected chi connectivity index (χ1v) is 5.44. The van der Waals surface area contributed by atoms with Crippen LogP contribution in [0.2, 0.25) is 0 Å². The van der Waals surface area contributed by atoms with E-state index in [1.165, 1.54) is 0 Å². The predicted molar refractivity (Wildman–Crippen MR) is 55.0 cm³/mol. The molecule has 1 N–H and O–H groups in total. The molecule has 1 aliphatic heterocycles. The Morgan fingerprint density at radius 2 is 2.53 bits per heavy atom. The van der Waals surface area contributed by atoms with E-state index in [2.05, 4.69) is 5.32 Å². The van der Waals surface area contributed by atoms with Gasteiger partial charge in [0, 0.05) is 4.88 Å². The maximum absolute atomic E-state index is 11.7. The first-order valence-electron chi connectivity index (χ1n) is 4.56. The van der Waals surface area contributed by atoms with E-state index < -0.39 is 5.41 Å². The Bertz CT molecular complexity index is 390. The van der Waals surface area contributed by atoms with Crippen molar-refractivity contribution in [1.29, 1.82) is 5.26 Å². The van der Waals surface area contributed by atoms with Crippen LogP contribution in [-0.4, -0.2) is 19.1 Å². The average Bonchev–Trinajstić information content (AvgIpc) is 2.66. The van der Waals surface area contributed by atoms with Crippen LogP contribution in [0.1, 0.15) is 4.88 Å². The number of nitriles is 1. The van der Waals surface area contributed by atoms with Crippen molar-refractivity contribution in [2.75, 3.05) is 13.2 Å². The van der Waals surface area contributed by atoms with Crippen molar-refractivity contribution >= 4 is 17.2 Å². The largest absolute Gasteiger partial charge is 0.377 e. The molecule has 1 saturated heterocycles. The van der Waals surface area contributed by atoms with Gasteiger partial charge in [0.05, 0.1) is 25.8 Å². The fourth-order valence-corrected chi connectivity index (χ4v) is 1.95. The highest BCUT2D eigenvalue weighted by Crippen LogP contribution is 2.26. The van der Waals surface area contributed by atoms with Crippen molar-refractivity contribution in [3.63, 3.8) is 0 Å². The van der Waals surface area contributed by atoms with E-state index in [1.54, 1.807) is 11.3 Å². The zero-order valence-electron chi connectivity index (χ0n) is 8.03. The Labute approximate surface area is 91.5 Å². The Balaban J connectivity index is 1.90. The van der Waals surface area contributed by atoms with Gasteiger partial charge in [0.25, 0.3) is 0 Å². The van der Waals surface area contributed by atoms with Crippen molar-refractivity contribution in [3.05, 3.63) is 22.4 Å². The number of carbonyl (C=O) groups is 1. The van der Waals surface area contributed by atoms with Crippen LogP contribution < -0.4 is 5.32 Å². The average molecular weight is 222 g/mol. The Kier molecular flexibility index (Phi) is 2.71. The van der Waals surface area contributed by atoms with Gasteiger partial charge in [-0.1, -0.05) is 6.07 Å². The summed E-state index contributed by atoms with van der Waals surface area (Å²) in [7, 11) is 0. The molecule has 0 bridgehead atoms. The van der Waals surface area contributed by atoms with Crippen molar-refractivity contribution in [3.8, 4) is 6.07 Å². The molecule has 2 heterocycles. The monoisotopic (exact) mass is 222 g/mol. The molecule has 78 valence electrons. The highest BCUT2D eigenvalue weighted by atomic mass is 32.1. The number of hydrogen-bond acceptors (Lipinski definition) is 4. The summed E-state index contributed by atoms with van der Waals surface area (Å²) in [6.45, 7) is 0.902. The molecule has 1 fully saturated rings. The molecule has 0 radical (unpaired) electrons. The van der Waals surface area contributed by atoms with Crippen LogP contribution in [-0.2, 0) is 16.1 Å². The molecular weight excluding hydrogens is 212 g/mol. The number of nitrogens with one attached hydrogen (secondary N) is 1. The Morgan fingerprint density at radius 3 is 3.00 bits per heavy atom. The number of amides is 1. The molecule has 2 rings (SSSR count). The van der Waals surface area contributed by atoms with Gasteiger partial charge in [-0.25, -0.2) is 0 Å². The lowest BCUT2D eigenvalue weighted by Gasteiger charge is -2.33. The van der Waals surface area contributed by atoms with Gasteiger partial charge in [-0.05, 0) is 11.4 Å². The Hall–Kier alpha value is -1.38. The molecule has 1 aromatic heterocycles. The third-order valence-electron chi connectivity index (χ3n) is 2.35. The number of ether oxygens (including phenoxy) is 1. The molecule has 0 aliphatic carbocycles. The van der Waals surface area contributed by atoms with Gasteiger partial charge in [0.15, 0.2) is 5.41 Å². The predicted octanol–water partition coefficient (Wildman–Crippen LogP) is 0.904. The van der Waals surface area contributed by atoms with Crippen LogP contribution in [0.25, 0.3) is 0 Å². The van der Waals surface area contributed by atoms with Crippen LogP contribution >= 0.6 is 11.3 Å².